The van der Waals surface area contributed by atoms with E-state index in [1.807, 2.05) is 0 Å². The summed E-state index contributed by atoms with van der Waals surface area (Å²) >= 11 is 3.16. The third kappa shape index (κ3) is 4.16. The molecule has 0 atom stereocenters. The van der Waals surface area contributed by atoms with E-state index < -0.39 is 12.7 Å². The van der Waals surface area contributed by atoms with E-state index in [2.05, 4.69) is 20.9 Å². The summed E-state index contributed by atoms with van der Waals surface area (Å²) in [4.78, 5) is 5.00. The van der Waals surface area contributed by atoms with Crippen LogP contribution in [-0.2, 0) is 6.61 Å². The van der Waals surface area contributed by atoms with Crippen molar-refractivity contribution < 1.29 is 18.3 Å². The fourth-order valence-corrected chi connectivity index (χ4v) is 1.81. The van der Waals surface area contributed by atoms with Gasteiger partial charge in [0.15, 0.2) is 0 Å². The Morgan fingerprint density at radius 1 is 1.47 bits per heavy atom. The zero-order chi connectivity index (χ0) is 13.1. The predicted octanol–water partition coefficient (Wildman–Crippen LogP) is 2.73. The monoisotopic (exact) mass is 312 g/mol. The number of aromatic nitrogens is 1. The Bertz CT molecular complexity index is 384. The largest absolute Gasteiger partial charge is 0.405 e. The van der Waals surface area contributed by atoms with Crippen LogP contribution in [0, 0.1) is 0 Å². The number of hydrogen-bond acceptors (Lipinski definition) is 3. The predicted molar refractivity (Wildman–Crippen MR) is 61.8 cm³/mol. The van der Waals surface area contributed by atoms with Gasteiger partial charge in [0, 0.05) is 22.8 Å². The molecule has 0 saturated carbocycles. The first-order valence-electron chi connectivity index (χ1n) is 4.94. The topological polar surface area (TPSA) is 36.4 Å². The second kappa shape index (κ2) is 5.68. The van der Waals surface area contributed by atoms with Crippen molar-refractivity contribution in [3.05, 3.63) is 22.3 Å². The lowest BCUT2D eigenvalue weighted by Gasteiger charge is -2.25. The summed E-state index contributed by atoms with van der Waals surface area (Å²) in [5.41, 5.74) is 0.366. The number of nitrogens with zero attached hydrogens (tertiary/aromatic N) is 2. The fourth-order valence-electron chi connectivity index (χ4n) is 1.43. The Morgan fingerprint density at radius 3 is 2.59 bits per heavy atom. The zero-order valence-electron chi connectivity index (χ0n) is 9.13. The van der Waals surface area contributed by atoms with Crippen LogP contribution in [0.15, 0.2) is 16.7 Å². The van der Waals surface area contributed by atoms with Crippen LogP contribution in [0.25, 0.3) is 0 Å². The molecule has 0 aromatic carbocycles. The van der Waals surface area contributed by atoms with Crippen molar-refractivity contribution >= 4 is 21.7 Å². The van der Waals surface area contributed by atoms with Crippen molar-refractivity contribution in [3.8, 4) is 0 Å². The van der Waals surface area contributed by atoms with Gasteiger partial charge in [0.05, 0.1) is 6.61 Å². The number of aliphatic hydroxyl groups excluding tert-OH is 1. The van der Waals surface area contributed by atoms with Gasteiger partial charge in [-0.1, -0.05) is 0 Å². The number of pyridine rings is 1. The molecule has 0 fully saturated rings. The molecule has 7 heteroatoms. The van der Waals surface area contributed by atoms with Crippen LogP contribution in [0.4, 0.5) is 19.0 Å². The van der Waals surface area contributed by atoms with E-state index in [0.29, 0.717) is 10.0 Å². The van der Waals surface area contributed by atoms with Gasteiger partial charge in [0.2, 0.25) is 0 Å². The molecule has 96 valence electrons. The van der Waals surface area contributed by atoms with Crippen molar-refractivity contribution in [1.82, 2.24) is 4.98 Å². The first-order valence-corrected chi connectivity index (χ1v) is 5.73. The minimum atomic E-state index is -4.29. The molecule has 0 aliphatic carbocycles. The number of anilines is 1. The van der Waals surface area contributed by atoms with E-state index in [4.69, 9.17) is 5.11 Å². The number of alkyl halides is 3. The molecule has 1 aromatic rings. The van der Waals surface area contributed by atoms with Gasteiger partial charge >= 0.3 is 6.18 Å². The average Bonchev–Trinajstić information content (AvgIpc) is 2.24. The average molecular weight is 313 g/mol. The van der Waals surface area contributed by atoms with E-state index >= 15 is 0 Å². The van der Waals surface area contributed by atoms with Crippen LogP contribution >= 0.6 is 15.9 Å². The van der Waals surface area contributed by atoms with E-state index in [1.165, 1.54) is 6.20 Å². The second-order valence-corrected chi connectivity index (χ2v) is 4.34. The van der Waals surface area contributed by atoms with Gasteiger partial charge in [0.25, 0.3) is 0 Å². The molecule has 0 spiro atoms. The summed E-state index contributed by atoms with van der Waals surface area (Å²) in [6.45, 7) is 0.346. The van der Waals surface area contributed by atoms with Gasteiger partial charge in [-0.05, 0) is 28.9 Å². The van der Waals surface area contributed by atoms with Crippen LogP contribution < -0.4 is 4.90 Å². The molecule has 0 aliphatic rings. The Kier molecular flexibility index (Phi) is 4.76. The second-order valence-electron chi connectivity index (χ2n) is 3.42. The van der Waals surface area contributed by atoms with Gasteiger partial charge in [-0.25, -0.2) is 4.98 Å². The molecule has 0 amide bonds. The number of aliphatic hydroxyl groups is 1. The molecule has 0 unspecified atom stereocenters. The number of rotatable bonds is 4. The summed E-state index contributed by atoms with van der Waals surface area (Å²) in [7, 11) is 0. The molecular weight excluding hydrogens is 301 g/mol. The molecule has 0 aliphatic heterocycles. The summed E-state index contributed by atoms with van der Waals surface area (Å²) in [5.74, 6) is 0.163. The SMILES string of the molecule is CCN(CC(F)(F)F)c1ncc(Br)cc1CO. The van der Waals surface area contributed by atoms with Gasteiger partial charge < -0.3 is 10.0 Å². The summed E-state index contributed by atoms with van der Waals surface area (Å²) in [5, 5.41) is 9.12. The minimum absolute atomic E-state index is 0.163. The Balaban J connectivity index is 3.03. The molecule has 0 saturated heterocycles. The smallest absolute Gasteiger partial charge is 0.392 e. The van der Waals surface area contributed by atoms with Crippen LogP contribution in [0.2, 0.25) is 0 Å². The molecule has 1 rings (SSSR count). The first-order chi connectivity index (χ1) is 7.87. The van der Waals surface area contributed by atoms with Crippen LogP contribution in [-0.4, -0.2) is 29.4 Å². The lowest BCUT2D eigenvalue weighted by atomic mass is 10.2. The van der Waals surface area contributed by atoms with Crippen molar-refractivity contribution in [1.29, 1.82) is 0 Å². The van der Waals surface area contributed by atoms with Gasteiger partial charge in [-0.15, -0.1) is 0 Å². The highest BCUT2D eigenvalue weighted by Gasteiger charge is 2.31. The maximum Gasteiger partial charge on any atom is 0.405 e. The molecular formula is C10H12BrF3N2O. The van der Waals surface area contributed by atoms with Crippen molar-refractivity contribution in [2.45, 2.75) is 19.7 Å². The maximum absolute atomic E-state index is 12.4. The Hall–Kier alpha value is -0.820. The van der Waals surface area contributed by atoms with Crippen molar-refractivity contribution in [2.75, 3.05) is 18.0 Å². The quantitative estimate of drug-likeness (QED) is 0.928. The molecule has 1 heterocycles. The maximum atomic E-state index is 12.4. The van der Waals surface area contributed by atoms with Gasteiger partial charge in [0.1, 0.15) is 12.4 Å². The van der Waals surface area contributed by atoms with E-state index in [0.717, 1.165) is 4.90 Å². The number of hydrogen-bond donors (Lipinski definition) is 1. The number of halogens is 4. The summed E-state index contributed by atoms with van der Waals surface area (Å²) in [6.07, 6.45) is -2.88. The van der Waals surface area contributed by atoms with Crippen molar-refractivity contribution in [2.24, 2.45) is 0 Å². The van der Waals surface area contributed by atoms with Gasteiger partial charge in [-0.3, -0.25) is 0 Å². The summed E-state index contributed by atoms with van der Waals surface area (Å²) in [6, 6.07) is 1.56. The van der Waals surface area contributed by atoms with Crippen LogP contribution in [0.1, 0.15) is 12.5 Å². The third-order valence-electron chi connectivity index (χ3n) is 2.13. The molecule has 1 aromatic heterocycles. The molecule has 0 bridgehead atoms. The lowest BCUT2D eigenvalue weighted by Crippen LogP contribution is -2.35. The molecule has 17 heavy (non-hydrogen) atoms. The van der Waals surface area contributed by atoms with Gasteiger partial charge in [-0.2, -0.15) is 13.2 Å². The lowest BCUT2D eigenvalue weighted by molar-refractivity contribution is -0.119. The van der Waals surface area contributed by atoms with E-state index in [9.17, 15) is 13.2 Å². The Labute approximate surface area is 105 Å². The zero-order valence-corrected chi connectivity index (χ0v) is 10.7. The Morgan fingerprint density at radius 2 is 2.12 bits per heavy atom. The molecule has 3 nitrogen and oxygen atoms in total. The molecule has 0 radical (unpaired) electrons. The van der Waals surface area contributed by atoms with E-state index in [-0.39, 0.29) is 19.0 Å². The molecule has 1 N–H and O–H groups in total. The van der Waals surface area contributed by atoms with E-state index in [1.54, 1.807) is 13.0 Å². The van der Waals surface area contributed by atoms with Crippen LogP contribution in [0.3, 0.4) is 0 Å². The highest BCUT2D eigenvalue weighted by Crippen LogP contribution is 2.25. The highest BCUT2D eigenvalue weighted by atomic mass is 79.9. The summed E-state index contributed by atoms with van der Waals surface area (Å²) < 4.78 is 37.7. The minimum Gasteiger partial charge on any atom is -0.392 e. The standard InChI is InChI=1S/C10H12BrF3N2O/c1-2-16(6-10(12,13)14)9-7(5-17)3-8(11)4-15-9/h3-4,17H,2,5-6H2,1H3. The normalized spacial score (nSPS) is 11.6. The van der Waals surface area contributed by atoms with Crippen LogP contribution in [0.5, 0.6) is 0 Å². The van der Waals surface area contributed by atoms with Crippen molar-refractivity contribution in [3.63, 3.8) is 0 Å². The third-order valence-corrected chi connectivity index (χ3v) is 2.56. The fraction of sp³-hybridized carbons (Fsp3) is 0.500. The first kappa shape index (κ1) is 14.2. The highest BCUT2D eigenvalue weighted by molar-refractivity contribution is 9.10.